The summed E-state index contributed by atoms with van der Waals surface area (Å²) in [4.78, 5) is 23.9. The van der Waals surface area contributed by atoms with Crippen molar-refractivity contribution in [2.45, 2.75) is 109 Å². The van der Waals surface area contributed by atoms with E-state index in [1.807, 2.05) is 0 Å². The molecule has 1 rings (SSSR count). The van der Waals surface area contributed by atoms with Gasteiger partial charge in [-0.1, -0.05) is 52.4 Å². The normalized spacial score (nSPS) is 20.0. The van der Waals surface area contributed by atoms with Crippen LogP contribution in [0.3, 0.4) is 0 Å². The Kier molecular flexibility index (Phi) is 13.2. The van der Waals surface area contributed by atoms with Crippen LogP contribution >= 0.6 is 0 Å². The van der Waals surface area contributed by atoms with Crippen LogP contribution in [0.25, 0.3) is 0 Å². The third kappa shape index (κ3) is 11.1. The minimum atomic E-state index is -0.744. The number of rotatable bonds is 14. The van der Waals surface area contributed by atoms with Crippen molar-refractivity contribution in [1.82, 2.24) is 10.6 Å². The first-order chi connectivity index (χ1) is 14.0. The van der Waals surface area contributed by atoms with Crippen LogP contribution in [0.5, 0.6) is 0 Å². The largest absolute Gasteiger partial charge is 0.347 e. The van der Waals surface area contributed by atoms with Crippen LogP contribution in [0.2, 0.25) is 0 Å². The van der Waals surface area contributed by atoms with Crippen molar-refractivity contribution < 1.29 is 18.4 Å². The molecular weight excluding hydrogens is 374 g/mol. The molecule has 2 atom stereocenters. The van der Waals surface area contributed by atoms with Crippen molar-refractivity contribution in [3.8, 4) is 0 Å². The molecule has 4 nitrogen and oxygen atoms in total. The average molecular weight is 413 g/mol. The maximum absolute atomic E-state index is 13.9. The van der Waals surface area contributed by atoms with Gasteiger partial charge in [-0.3, -0.25) is 9.59 Å². The molecule has 6 heteroatoms. The van der Waals surface area contributed by atoms with Gasteiger partial charge in [0.15, 0.2) is 11.7 Å². The summed E-state index contributed by atoms with van der Waals surface area (Å²) >= 11 is 0. The Hall–Kier alpha value is -1.72. The molecule has 0 aromatic carbocycles. The van der Waals surface area contributed by atoms with Crippen molar-refractivity contribution in [2.75, 3.05) is 0 Å². The van der Waals surface area contributed by atoms with Gasteiger partial charge < -0.3 is 10.6 Å². The number of hydrogen-bond acceptors (Lipinski definition) is 2. The van der Waals surface area contributed by atoms with E-state index in [4.69, 9.17) is 0 Å². The van der Waals surface area contributed by atoms with E-state index in [0.29, 0.717) is 32.1 Å². The van der Waals surface area contributed by atoms with Crippen molar-refractivity contribution >= 4 is 11.8 Å². The first-order valence-corrected chi connectivity index (χ1v) is 11.3. The fourth-order valence-corrected chi connectivity index (χ4v) is 3.54. The number of unbranched alkanes of at least 4 members (excludes halogenated alkanes) is 8. The highest BCUT2D eigenvalue weighted by Crippen LogP contribution is 2.20. The Bertz CT molecular complexity index is 513. The van der Waals surface area contributed by atoms with E-state index < -0.39 is 23.5 Å². The summed E-state index contributed by atoms with van der Waals surface area (Å²) in [5.74, 6) is -2.89. The van der Waals surface area contributed by atoms with Crippen LogP contribution in [0, 0.1) is 0 Å². The van der Waals surface area contributed by atoms with Crippen molar-refractivity contribution in [1.29, 1.82) is 0 Å². The molecule has 1 aliphatic rings. The summed E-state index contributed by atoms with van der Waals surface area (Å²) in [6.45, 7) is 4.22. The highest BCUT2D eigenvalue weighted by atomic mass is 19.1. The zero-order valence-corrected chi connectivity index (χ0v) is 18.1. The fourth-order valence-electron chi connectivity index (χ4n) is 3.54. The molecular formula is C23H38F2N2O2. The molecule has 0 aromatic heterocycles. The smallest absolute Gasteiger partial charge is 0.279 e. The second-order valence-electron chi connectivity index (χ2n) is 7.96. The van der Waals surface area contributed by atoms with Crippen molar-refractivity contribution in [2.24, 2.45) is 0 Å². The third-order valence-corrected chi connectivity index (χ3v) is 5.30. The maximum Gasteiger partial charge on any atom is 0.279 e. The zero-order chi connectivity index (χ0) is 21.5. The molecule has 0 spiro atoms. The number of carbonyl (C=O) groups is 2. The van der Waals surface area contributed by atoms with E-state index in [9.17, 15) is 18.4 Å². The van der Waals surface area contributed by atoms with E-state index in [1.165, 1.54) is 12.2 Å². The van der Waals surface area contributed by atoms with Gasteiger partial charge in [-0.15, -0.1) is 0 Å². The molecule has 0 heterocycles. The van der Waals surface area contributed by atoms with E-state index in [0.717, 1.165) is 51.4 Å². The van der Waals surface area contributed by atoms with E-state index in [-0.39, 0.29) is 12.1 Å². The highest BCUT2D eigenvalue weighted by Gasteiger charge is 2.28. The Morgan fingerprint density at radius 3 is 1.55 bits per heavy atom. The first-order valence-electron chi connectivity index (χ1n) is 11.3. The Morgan fingerprint density at radius 2 is 1.17 bits per heavy atom. The Morgan fingerprint density at radius 1 is 0.759 bits per heavy atom. The quantitative estimate of drug-likeness (QED) is 0.280. The monoisotopic (exact) mass is 412 g/mol. The summed E-state index contributed by atoms with van der Waals surface area (Å²) in [5.41, 5.74) is 0. The number of allylic oxidation sites excluding steroid dienone is 2. The average Bonchev–Trinajstić information content (AvgIpc) is 3.13. The molecule has 0 aromatic rings. The third-order valence-electron chi connectivity index (χ3n) is 5.30. The molecule has 2 amide bonds. The number of halogens is 2. The van der Waals surface area contributed by atoms with Gasteiger partial charge in [0.05, 0.1) is 0 Å². The lowest BCUT2D eigenvalue weighted by Gasteiger charge is -2.14. The molecule has 166 valence electrons. The van der Waals surface area contributed by atoms with E-state index >= 15 is 0 Å². The lowest BCUT2D eigenvalue weighted by Crippen LogP contribution is -2.37. The summed E-state index contributed by atoms with van der Waals surface area (Å²) in [6, 6.07) is -0.402. The molecule has 0 saturated heterocycles. The second kappa shape index (κ2) is 15.2. The van der Waals surface area contributed by atoms with Crippen molar-refractivity contribution in [3.63, 3.8) is 0 Å². The summed E-state index contributed by atoms with van der Waals surface area (Å²) in [6.07, 6.45) is 13.9. The molecule has 2 N–H and O–H groups in total. The van der Waals surface area contributed by atoms with Crippen LogP contribution in [0.1, 0.15) is 97.3 Å². The molecule has 1 aliphatic carbocycles. The second-order valence-corrected chi connectivity index (χ2v) is 7.96. The topological polar surface area (TPSA) is 58.2 Å². The molecule has 0 bridgehead atoms. The fraction of sp³-hybridized carbons (Fsp3) is 0.739. The Balaban J connectivity index is 2.30. The number of nitrogens with one attached hydrogen (secondary N) is 2. The number of hydrogen-bond donors (Lipinski definition) is 2. The van der Waals surface area contributed by atoms with Gasteiger partial charge in [0.2, 0.25) is 0 Å². The summed E-state index contributed by atoms with van der Waals surface area (Å²) in [5, 5.41) is 5.35. The van der Waals surface area contributed by atoms with Crippen LogP contribution in [0.15, 0.2) is 23.8 Å². The van der Waals surface area contributed by atoms with Crippen LogP contribution in [-0.2, 0) is 9.59 Å². The van der Waals surface area contributed by atoms with E-state index in [1.54, 1.807) is 0 Å². The first kappa shape index (κ1) is 25.3. The number of amides is 2. The highest BCUT2D eigenvalue weighted by molar-refractivity contribution is 5.92. The minimum absolute atomic E-state index is 0.201. The zero-order valence-electron chi connectivity index (χ0n) is 18.1. The number of carbonyl (C=O) groups excluding carboxylic acids is 2. The lowest BCUT2D eigenvalue weighted by molar-refractivity contribution is -0.119. The summed E-state index contributed by atoms with van der Waals surface area (Å²) in [7, 11) is 0. The van der Waals surface area contributed by atoms with Gasteiger partial charge in [-0.2, -0.15) is 0 Å². The maximum atomic E-state index is 13.9. The SMILES string of the molecule is CCCCCCC=C(F)C(=O)NC1CCC(NC(=O)C(F)=CCCCCCC)C1. The standard InChI is InChI=1S/C23H38F2N2O2/c1-3-5-7-9-11-13-20(24)22(28)26-18-15-16-19(17-18)27-23(29)21(25)14-12-10-8-6-4-2/h13-14,18-19H,3-12,15-17H2,1-2H3,(H,26,28)(H,27,29). The Labute approximate surface area is 174 Å². The lowest BCUT2D eigenvalue weighted by atomic mass is 10.1. The van der Waals surface area contributed by atoms with E-state index in [2.05, 4.69) is 24.5 Å². The van der Waals surface area contributed by atoms with Gasteiger partial charge in [0, 0.05) is 12.1 Å². The predicted octanol–water partition coefficient (Wildman–Crippen LogP) is 5.79. The van der Waals surface area contributed by atoms with Gasteiger partial charge in [-0.25, -0.2) is 8.78 Å². The van der Waals surface area contributed by atoms with Crippen molar-refractivity contribution in [3.05, 3.63) is 23.8 Å². The van der Waals surface area contributed by atoms with Gasteiger partial charge in [-0.05, 0) is 57.1 Å². The minimum Gasteiger partial charge on any atom is -0.347 e. The molecule has 2 unspecified atom stereocenters. The summed E-state index contributed by atoms with van der Waals surface area (Å²) < 4.78 is 27.8. The molecule has 29 heavy (non-hydrogen) atoms. The van der Waals surface area contributed by atoms with Gasteiger partial charge in [0.1, 0.15) is 0 Å². The van der Waals surface area contributed by atoms with Gasteiger partial charge >= 0.3 is 0 Å². The van der Waals surface area contributed by atoms with Crippen LogP contribution < -0.4 is 10.6 Å². The molecule has 0 radical (unpaired) electrons. The molecule has 0 aliphatic heterocycles. The molecule has 1 saturated carbocycles. The van der Waals surface area contributed by atoms with Crippen LogP contribution in [0.4, 0.5) is 8.78 Å². The molecule has 1 fully saturated rings. The van der Waals surface area contributed by atoms with Crippen LogP contribution in [-0.4, -0.2) is 23.9 Å². The van der Waals surface area contributed by atoms with Gasteiger partial charge in [0.25, 0.3) is 11.8 Å². The predicted molar refractivity (Wildman–Crippen MR) is 114 cm³/mol.